The van der Waals surface area contributed by atoms with Gasteiger partial charge in [0.2, 0.25) is 17.6 Å². The third-order valence-corrected chi connectivity index (χ3v) is 9.85. The maximum Gasteiger partial charge on any atom is 0.243 e. The molecular weight excluding hydrogens is 624 g/mol. The predicted octanol–water partition coefficient (Wildman–Crippen LogP) is 6.20. The van der Waals surface area contributed by atoms with Crippen LogP contribution >= 0.6 is 0 Å². The fourth-order valence-electron chi connectivity index (χ4n) is 6.82. The second-order valence-electron chi connectivity index (χ2n) is 13.7. The molecule has 4 aromatic carbocycles. The number of nitrogens with one attached hydrogen (secondary N) is 2. The lowest BCUT2D eigenvalue weighted by molar-refractivity contribution is -0.140. The number of hydrogen-bond acceptors (Lipinski definition) is 5. The lowest BCUT2D eigenvalue weighted by Crippen LogP contribution is -2.53. The quantitative estimate of drug-likeness (QED) is 0.185. The molecular formula is C43H44N2O5. The van der Waals surface area contributed by atoms with Crippen LogP contribution in [0.15, 0.2) is 109 Å². The van der Waals surface area contributed by atoms with E-state index in [4.69, 9.17) is 0 Å². The summed E-state index contributed by atoms with van der Waals surface area (Å²) in [7, 11) is 0. The van der Waals surface area contributed by atoms with Crippen LogP contribution in [0.1, 0.15) is 60.8 Å². The van der Waals surface area contributed by atoms with Gasteiger partial charge in [-0.1, -0.05) is 109 Å². The molecule has 0 saturated heterocycles. The zero-order valence-corrected chi connectivity index (χ0v) is 28.3. The number of fused-ring (bicyclic) bond motifs is 5. The highest BCUT2D eigenvalue weighted by Crippen LogP contribution is 2.33. The molecule has 2 aliphatic rings. The molecule has 0 unspecified atom stereocenters. The molecule has 4 bridgehead atoms. The van der Waals surface area contributed by atoms with Crippen LogP contribution in [0.25, 0.3) is 11.1 Å². The SMILES string of the molecule is O=C1CCc2cccc(c2)-c2cccc(c2)CC[C@@H](C(=O)C[C@@H](Cc2ccccc2)C(=O)C(=O)CCc2ccccc2)NC(=O)[C@H](C2CC2)N1. The van der Waals surface area contributed by atoms with Gasteiger partial charge in [0.15, 0.2) is 11.6 Å². The Morgan fingerprint density at radius 1 is 0.660 bits per heavy atom. The summed E-state index contributed by atoms with van der Waals surface area (Å²) in [5.74, 6) is -2.79. The minimum atomic E-state index is -0.897. The first-order valence-corrected chi connectivity index (χ1v) is 17.8. The first-order valence-electron chi connectivity index (χ1n) is 17.8. The van der Waals surface area contributed by atoms with Gasteiger partial charge in [-0.05, 0) is 84.2 Å². The van der Waals surface area contributed by atoms with Crippen LogP contribution in [-0.4, -0.2) is 41.2 Å². The van der Waals surface area contributed by atoms with Crippen LogP contribution < -0.4 is 10.6 Å². The van der Waals surface area contributed by atoms with Crippen molar-refractivity contribution in [1.29, 1.82) is 0 Å². The molecule has 256 valence electrons. The van der Waals surface area contributed by atoms with Gasteiger partial charge in [-0.3, -0.25) is 24.0 Å². The molecule has 1 aliphatic carbocycles. The zero-order valence-electron chi connectivity index (χ0n) is 28.3. The molecule has 4 aromatic rings. The zero-order chi connectivity index (χ0) is 34.9. The van der Waals surface area contributed by atoms with Crippen LogP contribution in [0.3, 0.4) is 0 Å². The predicted molar refractivity (Wildman–Crippen MR) is 193 cm³/mol. The standard InChI is InChI=1S/C43H44N2O5/c46-38(23-18-29-9-3-1-4-10-29)42(49)36(27-30-11-5-2-6-12-30)28-39(47)37-22-17-31-13-7-15-34(25-31)35-16-8-14-32(26-35)19-24-40(48)45-41(33-20-21-33)43(50)44-37/h1-16,25-26,33,36-37,41H,17-24,27-28H2,(H,44,50)(H,45,48)/t36-,37+,41+/m1/s1. The normalized spacial score (nSPS) is 18.7. The van der Waals surface area contributed by atoms with Crippen molar-refractivity contribution in [3.05, 3.63) is 131 Å². The maximum atomic E-state index is 14.2. The van der Waals surface area contributed by atoms with E-state index in [2.05, 4.69) is 22.8 Å². The highest BCUT2D eigenvalue weighted by Gasteiger charge is 2.39. The first kappa shape index (κ1) is 34.7. The molecule has 1 aliphatic heterocycles. The summed E-state index contributed by atoms with van der Waals surface area (Å²) in [6.07, 6.45) is 3.82. The molecule has 1 saturated carbocycles. The summed E-state index contributed by atoms with van der Waals surface area (Å²) < 4.78 is 0. The van der Waals surface area contributed by atoms with Crippen LogP contribution in [0.5, 0.6) is 0 Å². The molecule has 7 heteroatoms. The third-order valence-electron chi connectivity index (χ3n) is 9.85. The minimum Gasteiger partial charge on any atom is -0.344 e. The Morgan fingerprint density at radius 3 is 1.92 bits per heavy atom. The Balaban J connectivity index is 1.25. The highest BCUT2D eigenvalue weighted by atomic mass is 16.2. The number of aryl methyl sites for hydroxylation is 3. The van der Waals surface area contributed by atoms with Crippen molar-refractivity contribution in [2.24, 2.45) is 11.8 Å². The Hall–Kier alpha value is -5.17. The molecule has 7 nitrogen and oxygen atoms in total. The molecule has 1 fully saturated rings. The van der Waals surface area contributed by atoms with Gasteiger partial charge in [-0.25, -0.2) is 0 Å². The van der Waals surface area contributed by atoms with Gasteiger partial charge in [-0.2, -0.15) is 0 Å². The smallest absolute Gasteiger partial charge is 0.243 e. The monoisotopic (exact) mass is 668 g/mol. The average molecular weight is 669 g/mol. The van der Waals surface area contributed by atoms with Crippen LogP contribution in [-0.2, 0) is 49.7 Å². The fraction of sp³-hybridized carbons (Fsp3) is 0.326. The number of rotatable bonds is 11. The largest absolute Gasteiger partial charge is 0.344 e. The van der Waals surface area contributed by atoms with E-state index in [9.17, 15) is 24.0 Å². The highest BCUT2D eigenvalue weighted by molar-refractivity contribution is 6.38. The number of hydrogen-bond donors (Lipinski definition) is 2. The van der Waals surface area contributed by atoms with Crippen molar-refractivity contribution in [3.8, 4) is 11.1 Å². The average Bonchev–Trinajstić information content (AvgIpc) is 3.99. The molecule has 3 atom stereocenters. The maximum absolute atomic E-state index is 14.2. The fourth-order valence-corrected chi connectivity index (χ4v) is 6.82. The van der Waals surface area contributed by atoms with Gasteiger partial charge in [-0.15, -0.1) is 0 Å². The molecule has 6 rings (SSSR count). The van der Waals surface area contributed by atoms with Crippen molar-refractivity contribution < 1.29 is 24.0 Å². The van der Waals surface area contributed by atoms with E-state index >= 15 is 0 Å². The Kier molecular flexibility index (Phi) is 11.4. The van der Waals surface area contributed by atoms with Crippen molar-refractivity contribution >= 4 is 29.2 Å². The third kappa shape index (κ3) is 9.50. The lowest BCUT2D eigenvalue weighted by Gasteiger charge is -2.25. The summed E-state index contributed by atoms with van der Waals surface area (Å²) >= 11 is 0. The molecule has 1 heterocycles. The molecule has 2 amide bonds. The van der Waals surface area contributed by atoms with Gasteiger partial charge >= 0.3 is 0 Å². The molecule has 0 spiro atoms. The first-order chi connectivity index (χ1) is 24.3. The summed E-state index contributed by atoms with van der Waals surface area (Å²) in [4.78, 5) is 68.1. The van der Waals surface area contributed by atoms with E-state index in [0.29, 0.717) is 25.7 Å². The van der Waals surface area contributed by atoms with Crippen LogP contribution in [0.4, 0.5) is 0 Å². The van der Waals surface area contributed by atoms with E-state index in [1.807, 2.05) is 97.1 Å². The number of carbonyl (C=O) groups excluding carboxylic acids is 5. The van der Waals surface area contributed by atoms with E-state index in [-0.39, 0.29) is 49.2 Å². The van der Waals surface area contributed by atoms with E-state index in [1.54, 1.807) is 0 Å². The second kappa shape index (κ2) is 16.5. The van der Waals surface area contributed by atoms with E-state index in [1.165, 1.54) is 0 Å². The van der Waals surface area contributed by atoms with Crippen LogP contribution in [0, 0.1) is 11.8 Å². The Bertz CT molecular complexity index is 1830. The molecule has 0 aromatic heterocycles. The van der Waals surface area contributed by atoms with Crippen molar-refractivity contribution in [2.45, 2.75) is 76.3 Å². The summed E-state index contributed by atoms with van der Waals surface area (Å²) in [5, 5.41) is 5.95. The van der Waals surface area contributed by atoms with Crippen molar-refractivity contribution in [2.75, 3.05) is 0 Å². The van der Waals surface area contributed by atoms with Gasteiger partial charge in [0.05, 0.1) is 6.04 Å². The lowest BCUT2D eigenvalue weighted by atomic mass is 9.85. The van der Waals surface area contributed by atoms with Gasteiger partial charge in [0.1, 0.15) is 6.04 Å². The second-order valence-corrected chi connectivity index (χ2v) is 13.7. The Morgan fingerprint density at radius 2 is 1.28 bits per heavy atom. The topological polar surface area (TPSA) is 109 Å². The molecule has 0 radical (unpaired) electrons. The van der Waals surface area contributed by atoms with Gasteiger partial charge in [0.25, 0.3) is 0 Å². The Labute approximate surface area is 293 Å². The summed E-state index contributed by atoms with van der Waals surface area (Å²) in [6, 6.07) is 33.6. The van der Waals surface area contributed by atoms with Crippen molar-refractivity contribution in [3.63, 3.8) is 0 Å². The molecule has 50 heavy (non-hydrogen) atoms. The number of benzene rings is 4. The van der Waals surface area contributed by atoms with E-state index < -0.39 is 29.6 Å². The summed E-state index contributed by atoms with van der Waals surface area (Å²) in [5.41, 5.74) is 5.97. The molecule has 2 N–H and O–H groups in total. The van der Waals surface area contributed by atoms with Gasteiger partial charge in [0, 0.05) is 25.2 Å². The summed E-state index contributed by atoms with van der Waals surface area (Å²) in [6.45, 7) is 0. The number of ketones is 3. The number of Topliss-reactive ketones (excluding diaryl/α,β-unsaturated/α-hetero) is 3. The van der Waals surface area contributed by atoms with Crippen molar-refractivity contribution in [1.82, 2.24) is 10.6 Å². The van der Waals surface area contributed by atoms with Gasteiger partial charge < -0.3 is 10.6 Å². The number of amides is 2. The minimum absolute atomic E-state index is 0.0169. The van der Waals surface area contributed by atoms with E-state index in [0.717, 1.165) is 46.2 Å². The number of carbonyl (C=O) groups is 5. The van der Waals surface area contributed by atoms with Crippen LogP contribution in [0.2, 0.25) is 0 Å².